The standard InChI is InChI=1S/C35H47N5O10S.C24H28N4O6S.2C11H21NO5.C6H13NO3.3ClH/c1-8-22-18-35(22,32(43)39-51(45,46)25-11-12-25)38-29(41)27-17-24(49-30-26-13-10-23(47-7)16-21(26)14-15-36-30)19-40(27)31(42)28(20(3)48-9-2)37-33(44)50-34(4,5)6;1-3-15-12-24(15,23(30)28-35(31,32)18-5-6-18)27-21(29)20-11-17(13-26-20)34-22-19-7-4-16(33-2)10-14(19)8-9-25-22;2*1-6-16-7(2)8(9(13)14)12-10(15)17-11(3,4)5;1-3-10-4(2)5(7)6(8)9;;;/h8,10,13-16,20,22,24-25,27-28H,1,9,11-12,17-19H2,2-7H3,(H,37,44)(H,38,41)(H,39,43);3-4,7-10,15,17-18,20,26H,1,5-6,11-13H2,2H3,(H,27,29)(H,28,30);2*7-8H,6H2,1-5H3,(H,12,15)(H,13,14);4-5H,3,7H2,1-2H3,(H,8,9);3*1H/t20-,22+,24+,27-,28-,35+;15-,17-,20+,24-;2*7-,8-;4-,5-;;;/m01000.../s1. The first-order valence-electron chi connectivity index (χ1n) is 42.8. The van der Waals surface area contributed by atoms with E-state index in [1.165, 1.54) is 11.0 Å². The molecule has 8 amide bonds. The number of likely N-dealkylation sites (tertiary alicyclic amines) is 1. The lowest BCUT2D eigenvalue weighted by molar-refractivity contribution is -0.144. The smallest absolute Gasteiger partial charge is 0.408 e. The molecule has 0 bridgehead atoms. The van der Waals surface area contributed by atoms with Crippen LogP contribution in [0.2, 0.25) is 0 Å². The van der Waals surface area contributed by atoms with E-state index in [2.05, 4.69) is 64.5 Å². The predicted octanol–water partition coefficient (Wildman–Crippen LogP) is 7.47. The number of methoxy groups -OCH3 is 2. The zero-order chi connectivity index (χ0) is 97.5. The van der Waals surface area contributed by atoms with Gasteiger partial charge in [-0.2, -0.15) is 0 Å². The molecule has 4 aromatic rings. The quantitative estimate of drug-likeness (QED) is 0.0154. The molecule has 2 aromatic heterocycles. The molecule has 16 atom stereocenters. The van der Waals surface area contributed by atoms with Crippen LogP contribution in [-0.2, 0) is 91.6 Å². The number of nitrogens with one attached hydrogen (secondary N) is 8. The molecule has 46 heteroatoms. The van der Waals surface area contributed by atoms with Crippen molar-refractivity contribution in [1.29, 1.82) is 0 Å². The number of aliphatic carboxylic acids is 3. The molecule has 2 saturated heterocycles. The largest absolute Gasteiger partial charge is 0.497 e. The summed E-state index contributed by atoms with van der Waals surface area (Å²) in [5.74, 6) is -5.38. The average molecular weight is 1980 g/mol. The molecule has 0 unspecified atom stereocenters. The van der Waals surface area contributed by atoms with Crippen LogP contribution in [0, 0.1) is 11.8 Å². The monoisotopic (exact) mass is 1980 g/mol. The number of carboxylic acids is 3. The number of alkyl carbamates (subject to hydrolysis) is 3. The predicted molar refractivity (Wildman–Crippen MR) is 497 cm³/mol. The van der Waals surface area contributed by atoms with Crippen molar-refractivity contribution in [1.82, 2.24) is 56.2 Å². The molecule has 6 fully saturated rings. The lowest BCUT2D eigenvalue weighted by Gasteiger charge is -2.32. The number of carbonyl (C=O) groups excluding carboxylic acids is 8. The highest BCUT2D eigenvalue weighted by Gasteiger charge is 2.63. The van der Waals surface area contributed by atoms with E-state index in [0.29, 0.717) is 81.9 Å². The fraction of sp³-hybridized carbons (Fsp3) is 0.621. The van der Waals surface area contributed by atoms with Crippen molar-refractivity contribution in [3.05, 3.63) is 86.2 Å². The summed E-state index contributed by atoms with van der Waals surface area (Å²) in [6.07, 6.45) is 3.15. The Morgan fingerprint density at radius 2 is 0.895 bits per heavy atom. The number of aromatic nitrogens is 2. The van der Waals surface area contributed by atoms with E-state index in [0.717, 1.165) is 21.9 Å². The van der Waals surface area contributed by atoms with Crippen molar-refractivity contribution in [3.63, 3.8) is 0 Å². The van der Waals surface area contributed by atoms with E-state index in [1.54, 1.807) is 169 Å². The molecule has 13 N–H and O–H groups in total. The molecule has 4 aliphatic carbocycles. The third-order valence-corrected chi connectivity index (χ3v) is 24.6. The maximum Gasteiger partial charge on any atom is 0.408 e. The number of carboxylic acid groups (broad SMARTS) is 3. The van der Waals surface area contributed by atoms with E-state index in [1.807, 2.05) is 30.3 Å². The first-order chi connectivity index (χ1) is 60.7. The van der Waals surface area contributed by atoms with Gasteiger partial charge in [0, 0.05) is 80.8 Å². The van der Waals surface area contributed by atoms with Gasteiger partial charge in [-0.15, -0.1) is 50.4 Å². The van der Waals surface area contributed by atoms with Gasteiger partial charge in [-0.25, -0.2) is 50.8 Å². The summed E-state index contributed by atoms with van der Waals surface area (Å²) < 4.78 is 114. The summed E-state index contributed by atoms with van der Waals surface area (Å²) >= 11 is 0. The van der Waals surface area contributed by atoms with Crippen LogP contribution in [0.1, 0.15) is 169 Å². The molecule has 4 saturated carbocycles. The zero-order valence-corrected chi connectivity index (χ0v) is 82.5. The molecule has 4 heterocycles. The molecular formula is C87H133Cl3N12O29S2. The highest BCUT2D eigenvalue weighted by atomic mass is 35.5. The summed E-state index contributed by atoms with van der Waals surface area (Å²) in [7, 11) is -4.46. The van der Waals surface area contributed by atoms with Gasteiger partial charge in [0.2, 0.25) is 49.5 Å². The van der Waals surface area contributed by atoms with E-state index in [9.17, 15) is 69.6 Å². The van der Waals surface area contributed by atoms with Gasteiger partial charge in [0.05, 0.1) is 61.7 Å². The molecule has 2 aromatic carbocycles. The summed E-state index contributed by atoms with van der Waals surface area (Å²) in [5.41, 5.74) is 0.170. The Balaban J connectivity index is 0.000000478. The minimum Gasteiger partial charge on any atom is -0.497 e. The first-order valence-corrected chi connectivity index (χ1v) is 45.9. The van der Waals surface area contributed by atoms with Crippen LogP contribution in [0.3, 0.4) is 0 Å². The SMILES string of the molecule is C=C[C@@H]1C[C@]1(NC(=O)[C@@H]1C[C@@H](Oc2nccc3cc(OC)ccc23)CN1)C(=O)NS(=O)(=O)C1CC1.C=C[C@@H]1C[C@]1(NC(=O)[C@@H]1C[C@@H](Oc2nccc3cc(OC)ccc23)CN1C(=O)[C@@H](NC(=O)OC(C)(C)C)[C@H](C)OCC)C(=O)NS(=O)(=O)C1CC1.CCO[C@@H](C)[C@H](N)C(=O)O.CCO[C@@H](C)[C@H](NC(=O)OC(C)(C)C)C(=O)O.CCO[C@@H](C)[C@H](NC(=O)OC(C)(C)C)C(=O)O.Cl.Cl.Cl. The maximum absolute atomic E-state index is 14.4. The molecule has 0 spiro atoms. The van der Waals surface area contributed by atoms with Gasteiger partial charge in [-0.05, 0) is 216 Å². The molecule has 2 aliphatic heterocycles. The van der Waals surface area contributed by atoms with Gasteiger partial charge in [-0.3, -0.25) is 38.2 Å². The van der Waals surface area contributed by atoms with Crippen LogP contribution in [0.25, 0.3) is 21.5 Å². The zero-order valence-electron chi connectivity index (χ0n) is 78.4. The summed E-state index contributed by atoms with van der Waals surface area (Å²) in [6.45, 7) is 38.0. The Hall–Kier alpha value is -9.96. The van der Waals surface area contributed by atoms with Crippen molar-refractivity contribution in [2.45, 2.75) is 280 Å². The summed E-state index contributed by atoms with van der Waals surface area (Å²) in [5, 5.41) is 44.2. The number of ether oxygens (including phenoxy) is 11. The van der Waals surface area contributed by atoms with E-state index in [4.69, 9.17) is 73.2 Å². The number of sulfonamides is 2. The number of rotatable bonds is 37. The number of nitrogens with two attached hydrogens (primary N) is 1. The van der Waals surface area contributed by atoms with Gasteiger partial charge in [0.15, 0.2) is 12.1 Å². The Kier molecular flexibility index (Phi) is 45.0. The first kappa shape index (κ1) is 117. The van der Waals surface area contributed by atoms with Crippen LogP contribution in [-0.4, -0.2) is 278 Å². The molecule has 0 radical (unpaired) electrons. The Bertz CT molecular complexity index is 4850. The number of nitrogens with zero attached hydrogens (tertiary/aromatic N) is 3. The van der Waals surface area contributed by atoms with Gasteiger partial charge < -0.3 is 110 Å². The fourth-order valence-electron chi connectivity index (χ4n) is 13.7. The van der Waals surface area contributed by atoms with Crippen molar-refractivity contribution in [2.24, 2.45) is 17.6 Å². The molecule has 6 aliphatic rings. The van der Waals surface area contributed by atoms with Gasteiger partial charge >= 0.3 is 36.2 Å². The molecular weight excluding hydrogens is 1850 g/mol. The average Bonchev–Trinajstić information content (AvgIpc) is 1.58. The van der Waals surface area contributed by atoms with Crippen molar-refractivity contribution in [2.75, 3.05) is 53.7 Å². The third kappa shape index (κ3) is 35.0. The van der Waals surface area contributed by atoms with Gasteiger partial charge in [0.1, 0.15) is 69.7 Å². The maximum atomic E-state index is 14.4. The van der Waals surface area contributed by atoms with Crippen LogP contribution < -0.4 is 66.0 Å². The van der Waals surface area contributed by atoms with Crippen LogP contribution >= 0.6 is 37.2 Å². The molecule has 10 rings (SSSR count). The second-order valence-electron chi connectivity index (χ2n) is 34.7. The highest BCUT2D eigenvalue weighted by Crippen LogP contribution is 2.47. The summed E-state index contributed by atoms with van der Waals surface area (Å²) in [6, 6.07) is 8.45. The lowest BCUT2D eigenvalue weighted by atomic mass is 10.1. The van der Waals surface area contributed by atoms with Crippen LogP contribution in [0.15, 0.2) is 86.2 Å². The Morgan fingerprint density at radius 1 is 0.534 bits per heavy atom. The highest BCUT2D eigenvalue weighted by molar-refractivity contribution is 7.91. The third-order valence-electron chi connectivity index (χ3n) is 20.9. The topological polar surface area (TPSA) is 570 Å². The Morgan fingerprint density at radius 3 is 1.23 bits per heavy atom. The Labute approximate surface area is 794 Å². The van der Waals surface area contributed by atoms with E-state index >= 15 is 0 Å². The number of halogens is 3. The number of fused-ring (bicyclic) bond motifs is 2. The second kappa shape index (κ2) is 51.1. The fourth-order valence-corrected chi connectivity index (χ4v) is 16.4. The minimum absolute atomic E-state index is 0. The molecule has 133 heavy (non-hydrogen) atoms. The van der Waals surface area contributed by atoms with Crippen molar-refractivity contribution < 1.29 is 137 Å². The van der Waals surface area contributed by atoms with Crippen molar-refractivity contribution >= 4 is 145 Å². The number of hydrogen-bond donors (Lipinski definition) is 12. The normalized spacial score (nSPS) is 21.6. The second-order valence-corrected chi connectivity index (χ2v) is 38.7. The number of benzene rings is 2. The van der Waals surface area contributed by atoms with E-state index in [-0.39, 0.29) is 87.0 Å². The van der Waals surface area contributed by atoms with Crippen LogP contribution in [0.5, 0.6) is 23.3 Å². The number of hydrogen-bond acceptors (Lipinski definition) is 30. The lowest BCUT2D eigenvalue weighted by Crippen LogP contribution is -2.60. The van der Waals surface area contributed by atoms with Gasteiger partial charge in [0.25, 0.3) is 11.8 Å². The number of amides is 8. The van der Waals surface area contributed by atoms with Crippen LogP contribution in [0.4, 0.5) is 14.4 Å². The van der Waals surface area contributed by atoms with E-state index < -0.39 is 191 Å². The van der Waals surface area contributed by atoms with Gasteiger partial charge in [-0.1, -0.05) is 12.2 Å². The minimum atomic E-state index is -3.91. The number of pyridine rings is 2. The summed E-state index contributed by atoms with van der Waals surface area (Å²) in [4.78, 5) is 146. The van der Waals surface area contributed by atoms with Crippen molar-refractivity contribution in [3.8, 4) is 23.3 Å². The molecule has 748 valence electrons. The number of carbonyl (C=O) groups is 11. The molecule has 41 nitrogen and oxygen atoms in total.